The summed E-state index contributed by atoms with van der Waals surface area (Å²) in [6, 6.07) is 5.45. The molecule has 0 amide bonds. The van der Waals surface area contributed by atoms with Crippen LogP contribution in [0.3, 0.4) is 0 Å². The molecule has 2 aromatic rings. The fourth-order valence-electron chi connectivity index (χ4n) is 1.44. The Bertz CT molecular complexity index is 471. The molecular weight excluding hydrogens is 311 g/mol. The number of H-pyrrole nitrogens is 1. The van der Waals surface area contributed by atoms with Crippen molar-refractivity contribution in [1.29, 1.82) is 0 Å². The number of rotatable bonds is 3. The number of imidazole rings is 1. The fraction of sp³-hybridized carbons (Fsp3) is 0.182. The second-order valence-corrected chi connectivity index (χ2v) is 5.32. The molecule has 0 fully saturated rings. The maximum absolute atomic E-state index is 6.11. The predicted octanol–water partition coefficient (Wildman–Crippen LogP) is 4.40. The Labute approximate surface area is 112 Å². The van der Waals surface area contributed by atoms with Crippen LogP contribution in [0.1, 0.15) is 16.2 Å². The van der Waals surface area contributed by atoms with Crippen LogP contribution in [0.15, 0.2) is 30.6 Å². The molecule has 0 aliphatic rings. The van der Waals surface area contributed by atoms with Crippen molar-refractivity contribution in [2.75, 3.05) is 0 Å². The van der Waals surface area contributed by atoms with E-state index >= 15 is 0 Å². The predicted molar refractivity (Wildman–Crippen MR) is 70.4 cm³/mol. The normalized spacial score (nSPS) is 12.7. The quantitative estimate of drug-likeness (QED) is 0.835. The maximum Gasteiger partial charge on any atom is 0.107 e. The average Bonchev–Trinajstić information content (AvgIpc) is 2.74. The highest BCUT2D eigenvalue weighted by Crippen LogP contribution is 2.33. The largest absolute Gasteiger partial charge is 0.349 e. The van der Waals surface area contributed by atoms with E-state index in [-0.39, 0.29) is 4.83 Å². The first-order valence-electron chi connectivity index (χ1n) is 4.74. The third kappa shape index (κ3) is 2.78. The Morgan fingerprint density at radius 1 is 1.38 bits per heavy atom. The Morgan fingerprint density at radius 2 is 2.19 bits per heavy atom. The number of benzene rings is 1. The van der Waals surface area contributed by atoms with E-state index in [1.54, 1.807) is 24.5 Å². The van der Waals surface area contributed by atoms with E-state index in [2.05, 4.69) is 25.9 Å². The first-order chi connectivity index (χ1) is 7.66. The lowest BCUT2D eigenvalue weighted by atomic mass is 10.1. The summed E-state index contributed by atoms with van der Waals surface area (Å²) >= 11 is 15.6. The Morgan fingerprint density at radius 3 is 2.88 bits per heavy atom. The highest BCUT2D eigenvalue weighted by molar-refractivity contribution is 9.09. The van der Waals surface area contributed by atoms with Gasteiger partial charge in [0.2, 0.25) is 0 Å². The summed E-state index contributed by atoms with van der Waals surface area (Å²) in [6.45, 7) is 0. The van der Waals surface area contributed by atoms with Gasteiger partial charge in [-0.3, -0.25) is 0 Å². The molecule has 1 atom stereocenters. The molecule has 0 aliphatic carbocycles. The zero-order valence-corrected chi connectivity index (χ0v) is 11.4. The number of aromatic nitrogens is 2. The average molecular weight is 320 g/mol. The van der Waals surface area contributed by atoms with Gasteiger partial charge in [0, 0.05) is 33.7 Å². The summed E-state index contributed by atoms with van der Waals surface area (Å²) in [6.07, 6.45) is 4.27. The molecule has 0 radical (unpaired) electrons. The molecule has 84 valence electrons. The summed E-state index contributed by atoms with van der Waals surface area (Å²) in [7, 11) is 0. The number of alkyl halides is 1. The summed E-state index contributed by atoms with van der Waals surface area (Å²) in [5.41, 5.74) is 0.977. The first-order valence-corrected chi connectivity index (χ1v) is 6.41. The molecule has 0 aliphatic heterocycles. The SMILES string of the molecule is Clc1ccc(Cl)c(C(Br)Cc2ncc[nH]2)c1. The van der Waals surface area contributed by atoms with Crippen LogP contribution >= 0.6 is 39.1 Å². The second kappa shape index (κ2) is 5.21. The first kappa shape index (κ1) is 12.0. The third-order valence-electron chi connectivity index (χ3n) is 2.22. The van der Waals surface area contributed by atoms with Crippen LogP contribution in [0.4, 0.5) is 0 Å². The lowest BCUT2D eigenvalue weighted by Gasteiger charge is -2.10. The van der Waals surface area contributed by atoms with Crippen molar-refractivity contribution in [3.8, 4) is 0 Å². The van der Waals surface area contributed by atoms with Gasteiger partial charge in [-0.2, -0.15) is 0 Å². The molecule has 1 aromatic carbocycles. The van der Waals surface area contributed by atoms with Crippen LogP contribution in [-0.2, 0) is 6.42 Å². The highest BCUT2D eigenvalue weighted by atomic mass is 79.9. The molecule has 1 aromatic heterocycles. The van der Waals surface area contributed by atoms with Crippen molar-refractivity contribution >= 4 is 39.1 Å². The van der Waals surface area contributed by atoms with Crippen LogP contribution in [0.2, 0.25) is 10.0 Å². The molecule has 0 saturated heterocycles. The van der Waals surface area contributed by atoms with Gasteiger partial charge >= 0.3 is 0 Å². The molecule has 1 unspecified atom stereocenters. The van der Waals surface area contributed by atoms with E-state index < -0.39 is 0 Å². The fourth-order valence-corrected chi connectivity index (χ4v) is 2.69. The van der Waals surface area contributed by atoms with E-state index in [1.165, 1.54) is 0 Å². The second-order valence-electron chi connectivity index (χ2n) is 3.37. The van der Waals surface area contributed by atoms with Crippen LogP contribution in [0, 0.1) is 0 Å². The number of hydrogen-bond acceptors (Lipinski definition) is 1. The molecule has 2 rings (SSSR count). The van der Waals surface area contributed by atoms with Crippen molar-refractivity contribution in [3.63, 3.8) is 0 Å². The van der Waals surface area contributed by atoms with Crippen LogP contribution in [0.25, 0.3) is 0 Å². The Kier molecular flexibility index (Phi) is 3.90. The standard InChI is InChI=1S/C11H9BrCl2N2/c12-9(6-11-15-3-4-16-11)8-5-7(13)1-2-10(8)14/h1-5,9H,6H2,(H,15,16). The van der Waals surface area contributed by atoms with Gasteiger partial charge in [-0.1, -0.05) is 39.1 Å². The summed E-state index contributed by atoms with van der Waals surface area (Å²) in [5, 5.41) is 1.39. The van der Waals surface area contributed by atoms with Gasteiger partial charge in [0.1, 0.15) is 5.82 Å². The van der Waals surface area contributed by atoms with E-state index in [9.17, 15) is 0 Å². The lowest BCUT2D eigenvalue weighted by Crippen LogP contribution is -1.98. The van der Waals surface area contributed by atoms with Gasteiger partial charge in [-0.15, -0.1) is 0 Å². The van der Waals surface area contributed by atoms with Crippen LogP contribution < -0.4 is 0 Å². The minimum Gasteiger partial charge on any atom is -0.349 e. The van der Waals surface area contributed by atoms with Crippen molar-refractivity contribution in [1.82, 2.24) is 9.97 Å². The molecule has 1 N–H and O–H groups in total. The van der Waals surface area contributed by atoms with Gasteiger partial charge in [0.25, 0.3) is 0 Å². The zero-order valence-electron chi connectivity index (χ0n) is 8.25. The van der Waals surface area contributed by atoms with Crippen molar-refractivity contribution in [2.24, 2.45) is 0 Å². The summed E-state index contributed by atoms with van der Waals surface area (Å²) < 4.78 is 0. The van der Waals surface area contributed by atoms with E-state index in [0.29, 0.717) is 10.0 Å². The van der Waals surface area contributed by atoms with Gasteiger partial charge < -0.3 is 4.98 Å². The monoisotopic (exact) mass is 318 g/mol. The molecule has 1 heterocycles. The molecule has 0 spiro atoms. The van der Waals surface area contributed by atoms with Crippen LogP contribution in [0.5, 0.6) is 0 Å². The van der Waals surface area contributed by atoms with E-state index in [1.807, 2.05) is 6.07 Å². The van der Waals surface area contributed by atoms with Gasteiger partial charge in [0.15, 0.2) is 0 Å². The third-order valence-corrected chi connectivity index (χ3v) is 3.62. The molecule has 0 bridgehead atoms. The maximum atomic E-state index is 6.11. The highest BCUT2D eigenvalue weighted by Gasteiger charge is 2.13. The number of nitrogens with one attached hydrogen (secondary N) is 1. The van der Waals surface area contributed by atoms with Gasteiger partial charge in [-0.05, 0) is 23.8 Å². The number of nitrogens with zero attached hydrogens (tertiary/aromatic N) is 1. The molecule has 2 nitrogen and oxygen atoms in total. The van der Waals surface area contributed by atoms with Crippen molar-refractivity contribution in [2.45, 2.75) is 11.2 Å². The number of halogens is 3. The minimum absolute atomic E-state index is 0.102. The molecule has 16 heavy (non-hydrogen) atoms. The lowest BCUT2D eigenvalue weighted by molar-refractivity contribution is 0.876. The van der Waals surface area contributed by atoms with E-state index in [0.717, 1.165) is 17.8 Å². The molecule has 0 saturated carbocycles. The molecular formula is C11H9BrCl2N2. The van der Waals surface area contributed by atoms with Crippen molar-refractivity contribution in [3.05, 3.63) is 52.0 Å². The Balaban J connectivity index is 2.20. The topological polar surface area (TPSA) is 28.7 Å². The van der Waals surface area contributed by atoms with Crippen LogP contribution in [-0.4, -0.2) is 9.97 Å². The van der Waals surface area contributed by atoms with Gasteiger partial charge in [-0.25, -0.2) is 4.98 Å². The zero-order chi connectivity index (χ0) is 11.5. The summed E-state index contributed by atoms with van der Waals surface area (Å²) in [5.74, 6) is 0.915. The number of hydrogen-bond donors (Lipinski definition) is 1. The van der Waals surface area contributed by atoms with E-state index in [4.69, 9.17) is 23.2 Å². The minimum atomic E-state index is 0.102. The smallest absolute Gasteiger partial charge is 0.107 e. The summed E-state index contributed by atoms with van der Waals surface area (Å²) in [4.78, 5) is 7.33. The van der Waals surface area contributed by atoms with Crippen molar-refractivity contribution < 1.29 is 0 Å². The Hall–Kier alpha value is -0.510. The number of aromatic amines is 1. The molecule has 5 heteroatoms. The van der Waals surface area contributed by atoms with Gasteiger partial charge in [0.05, 0.1) is 0 Å².